The molecule has 0 aromatic carbocycles. The van der Waals surface area contributed by atoms with Crippen molar-refractivity contribution in [2.75, 3.05) is 20.3 Å². The van der Waals surface area contributed by atoms with Crippen molar-refractivity contribution < 1.29 is 4.74 Å². The molecule has 0 spiro atoms. The Labute approximate surface area is 79.1 Å². The van der Waals surface area contributed by atoms with E-state index >= 15 is 0 Å². The molecule has 13 heavy (non-hydrogen) atoms. The molecule has 1 aromatic rings. The highest BCUT2D eigenvalue weighted by molar-refractivity contribution is 5.13. The van der Waals surface area contributed by atoms with E-state index in [1.54, 1.807) is 7.11 Å². The molecule has 0 aliphatic heterocycles. The summed E-state index contributed by atoms with van der Waals surface area (Å²) in [6.45, 7) is 3.75. The quantitative estimate of drug-likeness (QED) is 0.695. The second-order valence-electron chi connectivity index (χ2n) is 2.95. The highest BCUT2D eigenvalue weighted by Crippen LogP contribution is 2.08. The van der Waals surface area contributed by atoms with E-state index < -0.39 is 0 Å². The zero-order valence-corrected chi connectivity index (χ0v) is 8.16. The minimum Gasteiger partial charge on any atom is -0.383 e. The van der Waals surface area contributed by atoms with Crippen molar-refractivity contribution >= 4 is 0 Å². The SMILES string of the molecule is COCCN[C@@H](C)c1ccncc1. The molecule has 0 saturated carbocycles. The molecule has 1 heterocycles. The van der Waals surface area contributed by atoms with Gasteiger partial charge in [-0.1, -0.05) is 0 Å². The molecule has 3 heteroatoms. The topological polar surface area (TPSA) is 34.1 Å². The van der Waals surface area contributed by atoms with E-state index in [2.05, 4.69) is 17.2 Å². The maximum Gasteiger partial charge on any atom is 0.0587 e. The normalized spacial score (nSPS) is 12.8. The van der Waals surface area contributed by atoms with Gasteiger partial charge in [-0.3, -0.25) is 4.98 Å². The van der Waals surface area contributed by atoms with Crippen LogP contribution in [0.2, 0.25) is 0 Å². The van der Waals surface area contributed by atoms with Gasteiger partial charge in [0.15, 0.2) is 0 Å². The highest BCUT2D eigenvalue weighted by atomic mass is 16.5. The first-order chi connectivity index (χ1) is 6.34. The van der Waals surface area contributed by atoms with Gasteiger partial charge in [-0.2, -0.15) is 0 Å². The third-order valence-corrected chi connectivity index (χ3v) is 1.96. The number of nitrogens with one attached hydrogen (secondary N) is 1. The van der Waals surface area contributed by atoms with Crippen molar-refractivity contribution in [2.24, 2.45) is 0 Å². The zero-order valence-electron chi connectivity index (χ0n) is 8.16. The molecule has 0 aliphatic rings. The maximum absolute atomic E-state index is 4.95. The molecule has 3 nitrogen and oxygen atoms in total. The first-order valence-electron chi connectivity index (χ1n) is 4.47. The van der Waals surface area contributed by atoms with Crippen LogP contribution in [0.3, 0.4) is 0 Å². The molecule has 72 valence electrons. The number of nitrogens with zero attached hydrogens (tertiary/aromatic N) is 1. The molecule has 0 aliphatic carbocycles. The monoisotopic (exact) mass is 180 g/mol. The van der Waals surface area contributed by atoms with E-state index in [1.165, 1.54) is 5.56 Å². The van der Waals surface area contributed by atoms with Gasteiger partial charge in [-0.05, 0) is 24.6 Å². The van der Waals surface area contributed by atoms with Crippen molar-refractivity contribution in [3.8, 4) is 0 Å². The number of hydrogen-bond acceptors (Lipinski definition) is 3. The van der Waals surface area contributed by atoms with Crippen LogP contribution in [0, 0.1) is 0 Å². The van der Waals surface area contributed by atoms with Gasteiger partial charge in [0.2, 0.25) is 0 Å². The van der Waals surface area contributed by atoms with E-state index in [4.69, 9.17) is 4.74 Å². The molecule has 1 aromatic heterocycles. The van der Waals surface area contributed by atoms with Crippen LogP contribution in [-0.2, 0) is 4.74 Å². The summed E-state index contributed by atoms with van der Waals surface area (Å²) in [5, 5.41) is 3.35. The molecule has 1 rings (SSSR count). The molecule has 0 fully saturated rings. The molecule has 0 saturated heterocycles. The third-order valence-electron chi connectivity index (χ3n) is 1.96. The van der Waals surface area contributed by atoms with Crippen LogP contribution in [0.4, 0.5) is 0 Å². The van der Waals surface area contributed by atoms with Crippen molar-refractivity contribution in [1.82, 2.24) is 10.3 Å². The average molecular weight is 180 g/mol. The summed E-state index contributed by atoms with van der Waals surface area (Å²) in [6.07, 6.45) is 3.62. The molecule has 0 radical (unpaired) electrons. The van der Waals surface area contributed by atoms with E-state index in [9.17, 15) is 0 Å². The third kappa shape index (κ3) is 3.53. The van der Waals surface area contributed by atoms with Crippen LogP contribution < -0.4 is 5.32 Å². The molecule has 1 atom stereocenters. The van der Waals surface area contributed by atoms with E-state index in [1.807, 2.05) is 24.5 Å². The summed E-state index contributed by atoms with van der Waals surface area (Å²) in [7, 11) is 1.71. The van der Waals surface area contributed by atoms with Crippen molar-refractivity contribution in [3.05, 3.63) is 30.1 Å². The lowest BCUT2D eigenvalue weighted by molar-refractivity contribution is 0.196. The Morgan fingerprint density at radius 2 is 2.15 bits per heavy atom. The van der Waals surface area contributed by atoms with Crippen LogP contribution in [-0.4, -0.2) is 25.2 Å². The number of rotatable bonds is 5. The Hall–Kier alpha value is -0.930. The summed E-state index contributed by atoms with van der Waals surface area (Å²) in [5.41, 5.74) is 1.26. The molecule has 0 amide bonds. The molecular weight excluding hydrogens is 164 g/mol. The van der Waals surface area contributed by atoms with Gasteiger partial charge < -0.3 is 10.1 Å². The fraction of sp³-hybridized carbons (Fsp3) is 0.500. The minimum absolute atomic E-state index is 0.359. The first-order valence-corrected chi connectivity index (χ1v) is 4.47. The van der Waals surface area contributed by atoms with Crippen LogP contribution >= 0.6 is 0 Å². The standard InChI is InChI=1S/C10H16N2O/c1-9(12-7-8-13-2)10-3-5-11-6-4-10/h3-6,9,12H,7-8H2,1-2H3/t9-/m0/s1. The van der Waals surface area contributed by atoms with Crippen LogP contribution in [0.1, 0.15) is 18.5 Å². The zero-order chi connectivity index (χ0) is 9.52. The Morgan fingerprint density at radius 3 is 2.77 bits per heavy atom. The molecule has 1 N–H and O–H groups in total. The lowest BCUT2D eigenvalue weighted by Gasteiger charge is -2.13. The number of pyridine rings is 1. The Bertz CT molecular complexity index is 226. The van der Waals surface area contributed by atoms with E-state index in [-0.39, 0.29) is 0 Å². The predicted octanol–water partition coefficient (Wildman–Crippen LogP) is 1.38. The van der Waals surface area contributed by atoms with Gasteiger partial charge in [0.05, 0.1) is 6.61 Å². The van der Waals surface area contributed by atoms with Gasteiger partial charge in [0.1, 0.15) is 0 Å². The number of hydrogen-bond donors (Lipinski definition) is 1. The first kappa shape index (κ1) is 10.2. The smallest absolute Gasteiger partial charge is 0.0587 e. The molecule has 0 bridgehead atoms. The van der Waals surface area contributed by atoms with Crippen molar-refractivity contribution in [3.63, 3.8) is 0 Å². The minimum atomic E-state index is 0.359. The molecular formula is C10H16N2O. The summed E-state index contributed by atoms with van der Waals surface area (Å²) in [6, 6.07) is 4.40. The number of methoxy groups -OCH3 is 1. The van der Waals surface area contributed by atoms with Crippen LogP contribution in [0.25, 0.3) is 0 Å². The predicted molar refractivity (Wildman–Crippen MR) is 52.5 cm³/mol. The Morgan fingerprint density at radius 1 is 1.46 bits per heavy atom. The van der Waals surface area contributed by atoms with Crippen molar-refractivity contribution in [1.29, 1.82) is 0 Å². The summed E-state index contributed by atoms with van der Waals surface area (Å²) < 4.78 is 4.95. The average Bonchev–Trinajstić information content (AvgIpc) is 2.19. The fourth-order valence-electron chi connectivity index (χ4n) is 1.15. The largest absolute Gasteiger partial charge is 0.383 e. The Kier molecular flexibility index (Phi) is 4.43. The summed E-state index contributed by atoms with van der Waals surface area (Å²) in [4.78, 5) is 3.97. The highest BCUT2D eigenvalue weighted by Gasteiger charge is 2.02. The second kappa shape index (κ2) is 5.67. The van der Waals surface area contributed by atoms with Crippen LogP contribution in [0.5, 0.6) is 0 Å². The van der Waals surface area contributed by atoms with Gasteiger partial charge in [-0.15, -0.1) is 0 Å². The van der Waals surface area contributed by atoms with Gasteiger partial charge in [0, 0.05) is 32.1 Å². The molecule has 0 unspecified atom stereocenters. The van der Waals surface area contributed by atoms with Crippen molar-refractivity contribution in [2.45, 2.75) is 13.0 Å². The number of aromatic nitrogens is 1. The maximum atomic E-state index is 4.95. The van der Waals surface area contributed by atoms with Gasteiger partial charge in [0.25, 0.3) is 0 Å². The summed E-state index contributed by atoms with van der Waals surface area (Å²) >= 11 is 0. The summed E-state index contributed by atoms with van der Waals surface area (Å²) in [5.74, 6) is 0. The van der Waals surface area contributed by atoms with E-state index in [0.29, 0.717) is 6.04 Å². The van der Waals surface area contributed by atoms with Gasteiger partial charge in [-0.25, -0.2) is 0 Å². The van der Waals surface area contributed by atoms with Crippen LogP contribution in [0.15, 0.2) is 24.5 Å². The second-order valence-corrected chi connectivity index (χ2v) is 2.95. The Balaban J connectivity index is 2.35. The van der Waals surface area contributed by atoms with Gasteiger partial charge >= 0.3 is 0 Å². The lowest BCUT2D eigenvalue weighted by atomic mass is 10.1. The fourth-order valence-corrected chi connectivity index (χ4v) is 1.15. The van der Waals surface area contributed by atoms with E-state index in [0.717, 1.165) is 13.2 Å². The number of ether oxygens (including phenoxy) is 1. The lowest BCUT2D eigenvalue weighted by Crippen LogP contribution is -2.22.